The number of ether oxygens (including phenoxy) is 3. The summed E-state index contributed by atoms with van der Waals surface area (Å²) in [6.07, 6.45) is 9.77. The van der Waals surface area contributed by atoms with Crippen molar-refractivity contribution in [2.45, 2.75) is 122 Å². The lowest BCUT2D eigenvalue weighted by molar-refractivity contribution is -0.202. The van der Waals surface area contributed by atoms with Gasteiger partial charge in [0, 0.05) is 38.9 Å². The third-order valence-electron chi connectivity index (χ3n) is 8.06. The van der Waals surface area contributed by atoms with Gasteiger partial charge in [0.15, 0.2) is 0 Å². The van der Waals surface area contributed by atoms with Crippen LogP contribution in [-0.4, -0.2) is 83.1 Å². The Bertz CT molecular complexity index is 1070. The first-order valence-electron chi connectivity index (χ1n) is 14.7. The minimum Gasteiger partial charge on any atom is -0.389 e. The molecule has 3 aliphatic heterocycles. The Balaban J connectivity index is 1.53. The van der Waals surface area contributed by atoms with Gasteiger partial charge in [0.25, 0.3) is 11.8 Å². The van der Waals surface area contributed by atoms with Gasteiger partial charge in [0.05, 0.1) is 48.6 Å². The molecule has 0 aromatic carbocycles. The highest BCUT2D eigenvalue weighted by atomic mass is 16.7. The fourth-order valence-corrected chi connectivity index (χ4v) is 5.52. The Kier molecular flexibility index (Phi) is 12.0. The largest absolute Gasteiger partial charge is 0.389 e. The van der Waals surface area contributed by atoms with E-state index in [9.17, 15) is 24.3 Å². The van der Waals surface area contributed by atoms with Crippen LogP contribution in [0.1, 0.15) is 79.6 Å². The molecule has 3 amide bonds. The van der Waals surface area contributed by atoms with E-state index in [2.05, 4.69) is 18.3 Å². The van der Waals surface area contributed by atoms with Crippen LogP contribution in [0.15, 0.2) is 36.0 Å². The highest BCUT2D eigenvalue weighted by Gasteiger charge is 2.40. The molecule has 0 saturated carbocycles. The predicted octanol–water partition coefficient (Wildman–Crippen LogP) is 3.06. The van der Waals surface area contributed by atoms with Gasteiger partial charge in [0.2, 0.25) is 5.91 Å². The Labute approximate surface area is 248 Å². The number of nitrogens with one attached hydrogen (secondary N) is 1. The van der Waals surface area contributed by atoms with E-state index in [0.717, 1.165) is 12.0 Å². The zero-order valence-electron chi connectivity index (χ0n) is 25.5. The van der Waals surface area contributed by atoms with E-state index in [1.54, 1.807) is 14.0 Å². The van der Waals surface area contributed by atoms with Crippen LogP contribution >= 0.6 is 0 Å². The standard InChI is InChI=1S/C31H46N2O9/c1-19(8-11-26-20(2)15-25(22(4)40-26)32-27(35)12-9-21(3)34)7-10-23-17-31(5,39-6)18-24(41-23)16-30(38)42-33-28(36)13-14-29(33)37/h7-10,12,20-26,34H,11,13-18H2,1-6H3,(H,32,35)/b10-7+,12-9-,19-8+/t20?,21?,22?,23?,24-,25?,26?,31?/m1/s1. The van der Waals surface area contributed by atoms with Gasteiger partial charge >= 0.3 is 5.97 Å². The third kappa shape index (κ3) is 9.86. The van der Waals surface area contributed by atoms with Gasteiger partial charge in [-0.25, -0.2) is 4.79 Å². The molecule has 2 N–H and O–H groups in total. The third-order valence-corrected chi connectivity index (χ3v) is 8.06. The highest BCUT2D eigenvalue weighted by molar-refractivity contribution is 6.01. The molecule has 3 fully saturated rings. The summed E-state index contributed by atoms with van der Waals surface area (Å²) in [5, 5.41) is 12.9. The van der Waals surface area contributed by atoms with Crippen molar-refractivity contribution in [3.05, 3.63) is 36.0 Å². The van der Waals surface area contributed by atoms with E-state index in [0.29, 0.717) is 24.3 Å². The predicted molar refractivity (Wildman–Crippen MR) is 153 cm³/mol. The zero-order chi connectivity index (χ0) is 31.0. The number of aliphatic hydroxyl groups excluding tert-OH is 1. The van der Waals surface area contributed by atoms with Crippen molar-refractivity contribution in [1.29, 1.82) is 0 Å². The second kappa shape index (κ2) is 15.0. The second-order valence-corrected chi connectivity index (χ2v) is 12.0. The number of hydrogen-bond donors (Lipinski definition) is 2. The molecule has 234 valence electrons. The molecule has 8 atom stereocenters. The molecule has 0 bridgehead atoms. The summed E-state index contributed by atoms with van der Waals surface area (Å²) in [7, 11) is 1.63. The maximum atomic E-state index is 12.5. The van der Waals surface area contributed by atoms with E-state index in [-0.39, 0.29) is 55.4 Å². The van der Waals surface area contributed by atoms with Crippen LogP contribution in [0.5, 0.6) is 0 Å². The fourth-order valence-electron chi connectivity index (χ4n) is 5.52. The van der Waals surface area contributed by atoms with Crippen molar-refractivity contribution >= 4 is 23.7 Å². The first kappa shape index (κ1) is 33.6. The lowest BCUT2D eigenvalue weighted by Gasteiger charge is -2.40. The number of hydrogen-bond acceptors (Lipinski definition) is 9. The average Bonchev–Trinajstić information content (AvgIpc) is 3.23. The summed E-state index contributed by atoms with van der Waals surface area (Å²) in [6.45, 7) is 9.63. The van der Waals surface area contributed by atoms with Crippen LogP contribution in [-0.2, 0) is 38.2 Å². The fraction of sp³-hybridized carbons (Fsp3) is 0.677. The van der Waals surface area contributed by atoms with E-state index in [1.165, 1.54) is 12.2 Å². The molecule has 3 heterocycles. The molecule has 3 aliphatic rings. The molecular formula is C31H46N2O9. The van der Waals surface area contributed by atoms with Crippen LogP contribution in [0.25, 0.3) is 0 Å². The molecule has 0 aromatic rings. The Hall–Kier alpha value is -2.86. The Morgan fingerprint density at radius 3 is 2.50 bits per heavy atom. The number of amides is 3. The van der Waals surface area contributed by atoms with Gasteiger partial charge in [-0.3, -0.25) is 14.4 Å². The monoisotopic (exact) mass is 590 g/mol. The van der Waals surface area contributed by atoms with Crippen molar-refractivity contribution in [1.82, 2.24) is 10.4 Å². The molecule has 7 unspecified atom stereocenters. The van der Waals surface area contributed by atoms with E-state index in [4.69, 9.17) is 19.0 Å². The molecule has 3 saturated heterocycles. The maximum absolute atomic E-state index is 12.5. The maximum Gasteiger partial charge on any atom is 0.335 e. The SMILES string of the molecule is COC1(C)CC(/C=C/C(C)=C/CC2OC(C)C(NC(=O)/C=C\C(C)O)CC2C)O[C@H](CC(=O)ON2C(=O)CCC2=O)C1. The number of allylic oxidation sites excluding steroid dienone is 2. The minimum atomic E-state index is -0.698. The summed E-state index contributed by atoms with van der Waals surface area (Å²) < 4.78 is 18.2. The molecule has 0 aromatic heterocycles. The zero-order valence-corrected chi connectivity index (χ0v) is 25.5. The second-order valence-electron chi connectivity index (χ2n) is 12.0. The number of hydroxylamine groups is 2. The van der Waals surface area contributed by atoms with Crippen LogP contribution in [0, 0.1) is 5.92 Å². The molecule has 11 nitrogen and oxygen atoms in total. The lowest BCUT2D eigenvalue weighted by atomic mass is 9.87. The number of aliphatic hydroxyl groups is 1. The molecule has 0 spiro atoms. The number of carbonyl (C=O) groups is 4. The van der Waals surface area contributed by atoms with E-state index < -0.39 is 35.6 Å². The number of carbonyl (C=O) groups excluding carboxylic acids is 4. The van der Waals surface area contributed by atoms with Crippen molar-refractivity contribution in [2.75, 3.05) is 7.11 Å². The average molecular weight is 591 g/mol. The Morgan fingerprint density at radius 2 is 1.86 bits per heavy atom. The van der Waals surface area contributed by atoms with Crippen molar-refractivity contribution in [3.8, 4) is 0 Å². The smallest absolute Gasteiger partial charge is 0.335 e. The van der Waals surface area contributed by atoms with Crippen molar-refractivity contribution in [2.24, 2.45) is 5.92 Å². The molecule has 11 heteroatoms. The molecular weight excluding hydrogens is 544 g/mol. The van der Waals surface area contributed by atoms with Crippen molar-refractivity contribution in [3.63, 3.8) is 0 Å². The lowest BCUT2D eigenvalue weighted by Crippen LogP contribution is -2.50. The van der Waals surface area contributed by atoms with Crippen LogP contribution in [0.4, 0.5) is 0 Å². The topological polar surface area (TPSA) is 141 Å². The molecule has 42 heavy (non-hydrogen) atoms. The minimum absolute atomic E-state index is 0.0111. The normalized spacial score (nSPS) is 33.4. The van der Waals surface area contributed by atoms with Gasteiger partial charge in [-0.1, -0.05) is 36.8 Å². The Morgan fingerprint density at radius 1 is 1.17 bits per heavy atom. The van der Waals surface area contributed by atoms with Gasteiger partial charge in [0.1, 0.15) is 0 Å². The van der Waals surface area contributed by atoms with Crippen molar-refractivity contribution < 1.29 is 43.3 Å². The number of rotatable bonds is 11. The van der Waals surface area contributed by atoms with Gasteiger partial charge in [-0.05, 0) is 46.5 Å². The summed E-state index contributed by atoms with van der Waals surface area (Å²) in [6, 6.07) is -0.104. The van der Waals surface area contributed by atoms with Gasteiger partial charge in [-0.15, -0.1) is 5.06 Å². The summed E-state index contributed by atoms with van der Waals surface area (Å²) >= 11 is 0. The van der Waals surface area contributed by atoms with E-state index in [1.807, 2.05) is 32.9 Å². The number of methoxy groups -OCH3 is 1. The molecule has 0 radical (unpaired) electrons. The highest BCUT2D eigenvalue weighted by Crippen LogP contribution is 2.34. The summed E-state index contributed by atoms with van der Waals surface area (Å²) in [5.74, 6) is -1.74. The van der Waals surface area contributed by atoms with Gasteiger partial charge in [-0.2, -0.15) is 0 Å². The van der Waals surface area contributed by atoms with Crippen LogP contribution in [0.3, 0.4) is 0 Å². The number of nitrogens with zero attached hydrogens (tertiary/aromatic N) is 1. The first-order chi connectivity index (χ1) is 19.8. The summed E-state index contributed by atoms with van der Waals surface area (Å²) in [5.41, 5.74) is 0.516. The first-order valence-corrected chi connectivity index (χ1v) is 14.7. The summed E-state index contributed by atoms with van der Waals surface area (Å²) in [4.78, 5) is 53.2. The van der Waals surface area contributed by atoms with Crippen LogP contribution in [0.2, 0.25) is 0 Å². The molecule has 0 aliphatic carbocycles. The molecule has 3 rings (SSSR count). The quantitative estimate of drug-likeness (QED) is 0.211. The van der Waals surface area contributed by atoms with Crippen LogP contribution < -0.4 is 5.32 Å². The van der Waals surface area contributed by atoms with E-state index >= 15 is 0 Å². The number of imide groups is 1. The van der Waals surface area contributed by atoms with Gasteiger partial charge < -0.3 is 29.5 Å².